The number of esters is 1. The van der Waals surface area contributed by atoms with Crippen LogP contribution in [0, 0.1) is 12.8 Å². The van der Waals surface area contributed by atoms with E-state index in [1.165, 1.54) is 14.2 Å². The van der Waals surface area contributed by atoms with E-state index in [1.54, 1.807) is 47.4 Å². The van der Waals surface area contributed by atoms with Crippen LogP contribution in [0.1, 0.15) is 37.3 Å². The van der Waals surface area contributed by atoms with E-state index in [0.717, 1.165) is 16.9 Å². The van der Waals surface area contributed by atoms with Crippen LogP contribution in [0.2, 0.25) is 0 Å². The van der Waals surface area contributed by atoms with E-state index in [2.05, 4.69) is 31.3 Å². The third-order valence-corrected chi connectivity index (χ3v) is 6.65. The molecule has 1 fully saturated rings. The number of benzene rings is 3. The molecule has 1 aliphatic heterocycles. The Labute approximate surface area is 234 Å². The molecule has 1 heterocycles. The van der Waals surface area contributed by atoms with Crippen LogP contribution in [0.5, 0.6) is 23.0 Å². The summed E-state index contributed by atoms with van der Waals surface area (Å²) >= 11 is 0. The van der Waals surface area contributed by atoms with Gasteiger partial charge in [0.25, 0.3) is 5.91 Å². The van der Waals surface area contributed by atoms with E-state index >= 15 is 0 Å². The Morgan fingerprint density at radius 3 is 2.35 bits per heavy atom. The number of aryl methyl sites for hydroxylation is 1. The van der Waals surface area contributed by atoms with Gasteiger partial charge < -0.3 is 29.2 Å². The normalized spacial score (nSPS) is 14.7. The van der Waals surface area contributed by atoms with Gasteiger partial charge in [0.2, 0.25) is 5.91 Å². The minimum atomic E-state index is -0.673. The number of methoxy groups -OCH3 is 2. The number of carbonyl (C=O) groups excluding carboxylic acids is 3. The molecular weight excluding hydrogens is 512 g/mol. The van der Waals surface area contributed by atoms with Gasteiger partial charge in [0.15, 0.2) is 6.61 Å². The fourth-order valence-electron chi connectivity index (χ4n) is 4.49. The maximum Gasteiger partial charge on any atom is 0.311 e. The summed E-state index contributed by atoms with van der Waals surface area (Å²) in [5.41, 5.74) is 3.30. The Kier molecular flexibility index (Phi) is 8.93. The summed E-state index contributed by atoms with van der Waals surface area (Å²) < 4.78 is 21.8. The van der Waals surface area contributed by atoms with E-state index in [-0.39, 0.29) is 18.9 Å². The predicted octanol–water partition coefficient (Wildman–Crippen LogP) is 5.46. The first-order valence-corrected chi connectivity index (χ1v) is 13.1. The lowest BCUT2D eigenvalue weighted by Gasteiger charge is -2.18. The fourth-order valence-corrected chi connectivity index (χ4v) is 4.49. The summed E-state index contributed by atoms with van der Waals surface area (Å²) in [7, 11) is 3.00. The molecule has 1 atom stereocenters. The molecule has 0 unspecified atom stereocenters. The van der Waals surface area contributed by atoms with Gasteiger partial charge in [0.1, 0.15) is 23.0 Å². The zero-order valence-corrected chi connectivity index (χ0v) is 23.4. The molecule has 0 bridgehead atoms. The smallest absolute Gasteiger partial charge is 0.311 e. The highest BCUT2D eigenvalue weighted by atomic mass is 16.5. The second-order valence-corrected chi connectivity index (χ2v) is 9.92. The Morgan fingerprint density at radius 2 is 1.68 bits per heavy atom. The van der Waals surface area contributed by atoms with Crippen LogP contribution in [0.15, 0.2) is 60.7 Å². The van der Waals surface area contributed by atoms with Crippen LogP contribution >= 0.6 is 0 Å². The molecule has 0 aliphatic carbocycles. The molecule has 9 heteroatoms. The van der Waals surface area contributed by atoms with Gasteiger partial charge in [0.05, 0.1) is 25.8 Å². The fraction of sp³-hybridized carbons (Fsp3) is 0.323. The summed E-state index contributed by atoms with van der Waals surface area (Å²) in [6, 6.07) is 18.3. The Balaban J connectivity index is 1.32. The molecule has 2 amide bonds. The van der Waals surface area contributed by atoms with Crippen molar-refractivity contribution in [1.29, 1.82) is 0 Å². The molecule has 4 rings (SSSR count). The van der Waals surface area contributed by atoms with Crippen molar-refractivity contribution in [2.45, 2.75) is 33.1 Å². The Morgan fingerprint density at radius 1 is 0.950 bits per heavy atom. The number of ether oxygens (including phenoxy) is 4. The van der Waals surface area contributed by atoms with Gasteiger partial charge in [-0.15, -0.1) is 0 Å². The Hall–Kier alpha value is -4.53. The minimum Gasteiger partial charge on any atom is -0.497 e. The van der Waals surface area contributed by atoms with Gasteiger partial charge in [-0.2, -0.15) is 0 Å². The van der Waals surface area contributed by atoms with Gasteiger partial charge in [-0.25, -0.2) is 0 Å². The highest BCUT2D eigenvalue weighted by Crippen LogP contribution is 2.34. The summed E-state index contributed by atoms with van der Waals surface area (Å²) in [6.07, 6.45) is 0.00600. The van der Waals surface area contributed by atoms with Crippen molar-refractivity contribution < 1.29 is 33.3 Å². The molecule has 0 aromatic heterocycles. The van der Waals surface area contributed by atoms with Crippen LogP contribution in [0.25, 0.3) is 0 Å². The van der Waals surface area contributed by atoms with E-state index in [4.69, 9.17) is 18.9 Å². The quantitative estimate of drug-likeness (QED) is 0.337. The van der Waals surface area contributed by atoms with Gasteiger partial charge in [-0.05, 0) is 66.4 Å². The van der Waals surface area contributed by atoms with Crippen LogP contribution in [0.3, 0.4) is 0 Å². The number of rotatable bonds is 10. The second-order valence-electron chi connectivity index (χ2n) is 9.92. The van der Waals surface area contributed by atoms with Gasteiger partial charge in [-0.1, -0.05) is 26.0 Å². The third-order valence-electron chi connectivity index (χ3n) is 6.65. The minimum absolute atomic E-state index is 0.00600. The maximum atomic E-state index is 12.7. The topological polar surface area (TPSA) is 103 Å². The zero-order chi connectivity index (χ0) is 28.8. The molecule has 3 aromatic rings. The van der Waals surface area contributed by atoms with Gasteiger partial charge in [0, 0.05) is 24.7 Å². The van der Waals surface area contributed by atoms with Gasteiger partial charge in [-0.3, -0.25) is 14.4 Å². The molecule has 40 heavy (non-hydrogen) atoms. The number of hydrogen-bond acceptors (Lipinski definition) is 7. The van der Waals surface area contributed by atoms with E-state index < -0.39 is 24.4 Å². The van der Waals surface area contributed by atoms with E-state index in [9.17, 15) is 14.4 Å². The summed E-state index contributed by atoms with van der Waals surface area (Å²) in [5.74, 6) is 0.755. The largest absolute Gasteiger partial charge is 0.497 e. The monoisotopic (exact) mass is 546 g/mol. The first kappa shape index (κ1) is 28.5. The number of nitrogens with zero attached hydrogens (tertiary/aromatic N) is 1. The number of anilines is 2. The molecule has 210 valence electrons. The number of hydrogen-bond donors (Lipinski definition) is 1. The number of amides is 2. The number of nitrogens with one attached hydrogen (secondary N) is 1. The van der Waals surface area contributed by atoms with Crippen LogP contribution in [-0.2, 0) is 19.1 Å². The SMILES string of the molecule is COc1ccc(NC(=O)COC(=O)[C@H]2CC(=O)N(c3ccc(Oc4cc(C)ccc4C(C)C)cc3)C2)c(OC)c1. The van der Waals surface area contributed by atoms with Gasteiger partial charge >= 0.3 is 5.97 Å². The lowest BCUT2D eigenvalue weighted by atomic mass is 10.0. The third kappa shape index (κ3) is 6.72. The maximum absolute atomic E-state index is 12.7. The molecule has 0 radical (unpaired) electrons. The van der Waals surface area contributed by atoms with Crippen LogP contribution in [-0.4, -0.2) is 45.2 Å². The summed E-state index contributed by atoms with van der Waals surface area (Å²) in [4.78, 5) is 39.3. The van der Waals surface area contributed by atoms with Crippen molar-refractivity contribution in [3.8, 4) is 23.0 Å². The zero-order valence-electron chi connectivity index (χ0n) is 23.4. The lowest BCUT2D eigenvalue weighted by Crippen LogP contribution is -2.28. The second kappa shape index (κ2) is 12.5. The standard InChI is InChI=1S/C31H34N2O7/c1-19(2)25-12-6-20(3)14-27(25)40-23-9-7-22(8-10-23)33-17-21(15-30(33)35)31(36)39-18-29(34)32-26-13-11-24(37-4)16-28(26)38-5/h6-14,16,19,21H,15,17-18H2,1-5H3,(H,32,34)/t21-/m0/s1. The average Bonchev–Trinajstić information content (AvgIpc) is 3.33. The molecule has 0 spiro atoms. The van der Waals surface area contributed by atoms with Crippen molar-refractivity contribution >= 4 is 29.2 Å². The van der Waals surface area contributed by atoms with Crippen molar-refractivity contribution in [2.75, 3.05) is 37.6 Å². The van der Waals surface area contributed by atoms with Crippen molar-refractivity contribution in [3.05, 3.63) is 71.8 Å². The van der Waals surface area contributed by atoms with Crippen LogP contribution in [0.4, 0.5) is 11.4 Å². The Bertz CT molecular complexity index is 1380. The molecule has 1 N–H and O–H groups in total. The van der Waals surface area contributed by atoms with Crippen molar-refractivity contribution in [2.24, 2.45) is 5.92 Å². The average molecular weight is 547 g/mol. The van der Waals surface area contributed by atoms with E-state index in [1.807, 2.05) is 13.0 Å². The van der Waals surface area contributed by atoms with Crippen molar-refractivity contribution in [1.82, 2.24) is 0 Å². The molecule has 1 saturated heterocycles. The number of carbonyl (C=O) groups is 3. The molecule has 9 nitrogen and oxygen atoms in total. The highest BCUT2D eigenvalue weighted by molar-refractivity contribution is 6.00. The van der Waals surface area contributed by atoms with Crippen LogP contribution < -0.4 is 24.4 Å². The van der Waals surface area contributed by atoms with Crippen molar-refractivity contribution in [3.63, 3.8) is 0 Å². The predicted molar refractivity (Wildman–Crippen MR) is 151 cm³/mol. The van der Waals surface area contributed by atoms with E-state index in [0.29, 0.717) is 34.5 Å². The summed E-state index contributed by atoms with van der Waals surface area (Å²) in [6.45, 7) is 5.94. The lowest BCUT2D eigenvalue weighted by molar-refractivity contribution is -0.151. The molecule has 3 aromatic carbocycles. The first-order valence-electron chi connectivity index (χ1n) is 13.1. The molecular formula is C31H34N2O7. The molecule has 0 saturated carbocycles. The summed E-state index contributed by atoms with van der Waals surface area (Å²) in [5, 5.41) is 2.65. The first-order chi connectivity index (χ1) is 19.2. The highest BCUT2D eigenvalue weighted by Gasteiger charge is 2.36. The molecule has 1 aliphatic rings.